The Labute approximate surface area is 131 Å². The quantitative estimate of drug-likeness (QED) is 0.621. The zero-order valence-electron chi connectivity index (χ0n) is 10.3. The van der Waals surface area contributed by atoms with Crippen LogP contribution in [0.15, 0.2) is 54.6 Å². The van der Waals surface area contributed by atoms with Crippen LogP contribution in [0.25, 0.3) is 10.6 Å². The lowest BCUT2D eigenvalue weighted by Crippen LogP contribution is -1.91. The van der Waals surface area contributed by atoms with Crippen molar-refractivity contribution in [3.63, 3.8) is 0 Å². The van der Waals surface area contributed by atoms with E-state index in [9.17, 15) is 0 Å². The summed E-state index contributed by atoms with van der Waals surface area (Å²) in [5, 5.41) is 10.3. The normalized spacial score (nSPS) is 12.3. The van der Waals surface area contributed by atoms with Crippen molar-refractivity contribution in [1.29, 1.82) is 0 Å². The van der Waals surface area contributed by atoms with Crippen LogP contribution in [0.4, 0.5) is 0 Å². The summed E-state index contributed by atoms with van der Waals surface area (Å²) in [6, 6.07) is 17.4. The van der Waals surface area contributed by atoms with Crippen LogP contribution in [0.2, 0.25) is 5.02 Å². The van der Waals surface area contributed by atoms with Gasteiger partial charge in [-0.1, -0.05) is 71.5 Å². The van der Waals surface area contributed by atoms with Crippen molar-refractivity contribution in [2.45, 2.75) is 5.38 Å². The van der Waals surface area contributed by atoms with E-state index in [-0.39, 0.29) is 5.38 Å². The Balaban J connectivity index is 1.93. The van der Waals surface area contributed by atoms with E-state index < -0.39 is 0 Å². The molecule has 3 aromatic rings. The fourth-order valence-electron chi connectivity index (χ4n) is 1.85. The second-order valence-corrected chi connectivity index (χ2v) is 6.05. The van der Waals surface area contributed by atoms with Gasteiger partial charge in [0.05, 0.1) is 5.02 Å². The van der Waals surface area contributed by atoms with Gasteiger partial charge in [-0.25, -0.2) is 0 Å². The number of halogens is 2. The largest absolute Gasteiger partial charge is 0.149 e. The minimum atomic E-state index is -0.287. The molecule has 0 aliphatic heterocycles. The lowest BCUT2D eigenvalue weighted by molar-refractivity contribution is 0.988. The topological polar surface area (TPSA) is 25.8 Å². The third-order valence-electron chi connectivity index (χ3n) is 2.85. The monoisotopic (exact) mass is 320 g/mol. The van der Waals surface area contributed by atoms with Gasteiger partial charge in [-0.15, -0.1) is 21.8 Å². The maximum absolute atomic E-state index is 6.45. The van der Waals surface area contributed by atoms with Crippen LogP contribution >= 0.6 is 34.5 Å². The standard InChI is InChI=1S/C15H10Cl2N2S/c16-12-9-5-4-8-11(12)14-18-19-15(20-14)13(17)10-6-2-1-3-7-10/h1-9,13H. The molecule has 0 radical (unpaired) electrons. The van der Waals surface area contributed by atoms with Gasteiger partial charge in [0.1, 0.15) is 15.4 Å². The number of aromatic nitrogens is 2. The molecule has 0 spiro atoms. The molecule has 5 heteroatoms. The summed E-state index contributed by atoms with van der Waals surface area (Å²) in [7, 11) is 0. The van der Waals surface area contributed by atoms with Crippen LogP contribution in [0.5, 0.6) is 0 Å². The lowest BCUT2D eigenvalue weighted by Gasteiger charge is -2.04. The van der Waals surface area contributed by atoms with Crippen molar-refractivity contribution in [2.75, 3.05) is 0 Å². The van der Waals surface area contributed by atoms with Gasteiger partial charge in [0.15, 0.2) is 0 Å². The molecule has 0 bridgehead atoms. The molecule has 1 atom stereocenters. The number of benzene rings is 2. The Bertz CT molecular complexity index is 713. The molecule has 2 nitrogen and oxygen atoms in total. The van der Waals surface area contributed by atoms with Gasteiger partial charge in [0, 0.05) is 5.56 Å². The van der Waals surface area contributed by atoms with Crippen molar-refractivity contribution in [1.82, 2.24) is 10.2 Å². The van der Waals surface area contributed by atoms with Gasteiger partial charge in [-0.3, -0.25) is 0 Å². The predicted octanol–water partition coefficient (Wildman–Crippen LogP) is 5.19. The molecular weight excluding hydrogens is 311 g/mol. The maximum Gasteiger partial charge on any atom is 0.149 e. The Morgan fingerprint density at radius 2 is 1.60 bits per heavy atom. The predicted molar refractivity (Wildman–Crippen MR) is 84.5 cm³/mol. The number of alkyl halides is 1. The molecule has 0 aliphatic carbocycles. The molecule has 1 aromatic heterocycles. The first-order valence-electron chi connectivity index (χ1n) is 6.03. The van der Waals surface area contributed by atoms with Crippen LogP contribution in [0, 0.1) is 0 Å². The number of hydrogen-bond acceptors (Lipinski definition) is 3. The Kier molecular flexibility index (Phi) is 4.01. The van der Waals surface area contributed by atoms with E-state index in [0.717, 1.165) is 21.1 Å². The maximum atomic E-state index is 6.45. The van der Waals surface area contributed by atoms with E-state index in [4.69, 9.17) is 23.2 Å². The Hall–Kier alpha value is -1.42. The summed E-state index contributed by atoms with van der Waals surface area (Å²) in [5.74, 6) is 0. The first-order chi connectivity index (χ1) is 9.75. The fourth-order valence-corrected chi connectivity index (χ4v) is 3.34. The molecule has 20 heavy (non-hydrogen) atoms. The Morgan fingerprint density at radius 1 is 0.900 bits per heavy atom. The lowest BCUT2D eigenvalue weighted by atomic mass is 10.1. The minimum absolute atomic E-state index is 0.287. The minimum Gasteiger partial charge on any atom is -0.141 e. The summed E-state index contributed by atoms with van der Waals surface area (Å²) in [6.07, 6.45) is 0. The van der Waals surface area contributed by atoms with Crippen LogP contribution in [0.3, 0.4) is 0 Å². The molecule has 0 N–H and O–H groups in total. The average molecular weight is 321 g/mol. The molecule has 0 saturated heterocycles. The average Bonchev–Trinajstić information content (AvgIpc) is 2.97. The zero-order chi connectivity index (χ0) is 13.9. The van der Waals surface area contributed by atoms with Crippen molar-refractivity contribution in [2.24, 2.45) is 0 Å². The van der Waals surface area contributed by atoms with Crippen molar-refractivity contribution in [3.8, 4) is 10.6 Å². The van der Waals surface area contributed by atoms with Crippen molar-refractivity contribution < 1.29 is 0 Å². The molecule has 0 fully saturated rings. The number of rotatable bonds is 3. The molecular formula is C15H10Cl2N2S. The highest BCUT2D eigenvalue weighted by molar-refractivity contribution is 7.15. The van der Waals surface area contributed by atoms with Gasteiger partial charge in [0.2, 0.25) is 0 Å². The van der Waals surface area contributed by atoms with E-state index in [1.165, 1.54) is 11.3 Å². The zero-order valence-corrected chi connectivity index (χ0v) is 12.7. The molecule has 2 aromatic carbocycles. The molecule has 0 amide bonds. The third-order valence-corrected chi connectivity index (χ3v) is 4.79. The van der Waals surface area contributed by atoms with Crippen LogP contribution in [0.1, 0.15) is 15.9 Å². The summed E-state index contributed by atoms with van der Waals surface area (Å²) < 4.78 is 0. The first-order valence-corrected chi connectivity index (χ1v) is 7.66. The summed E-state index contributed by atoms with van der Waals surface area (Å²) >= 11 is 14.1. The first kappa shape index (κ1) is 13.6. The number of nitrogens with zero attached hydrogens (tertiary/aromatic N) is 2. The second-order valence-electron chi connectivity index (χ2n) is 4.20. The molecule has 0 saturated carbocycles. The van der Waals surface area contributed by atoms with Gasteiger partial charge in [0.25, 0.3) is 0 Å². The van der Waals surface area contributed by atoms with Gasteiger partial charge in [-0.2, -0.15) is 0 Å². The SMILES string of the molecule is Clc1ccccc1-c1nnc(C(Cl)c2ccccc2)s1. The number of hydrogen-bond donors (Lipinski definition) is 0. The van der Waals surface area contributed by atoms with E-state index in [2.05, 4.69) is 10.2 Å². The third kappa shape index (κ3) is 2.70. The summed E-state index contributed by atoms with van der Waals surface area (Å²) in [4.78, 5) is 0. The molecule has 1 heterocycles. The molecule has 100 valence electrons. The van der Waals surface area contributed by atoms with Crippen LogP contribution in [-0.4, -0.2) is 10.2 Å². The van der Waals surface area contributed by atoms with E-state index in [0.29, 0.717) is 5.02 Å². The van der Waals surface area contributed by atoms with Gasteiger partial charge in [-0.05, 0) is 11.6 Å². The van der Waals surface area contributed by atoms with Crippen LogP contribution in [-0.2, 0) is 0 Å². The highest BCUT2D eigenvalue weighted by atomic mass is 35.5. The van der Waals surface area contributed by atoms with Gasteiger partial charge < -0.3 is 0 Å². The molecule has 3 rings (SSSR count). The fraction of sp³-hybridized carbons (Fsp3) is 0.0667. The van der Waals surface area contributed by atoms with E-state index >= 15 is 0 Å². The molecule has 1 unspecified atom stereocenters. The van der Waals surface area contributed by atoms with Gasteiger partial charge >= 0.3 is 0 Å². The van der Waals surface area contributed by atoms with E-state index in [1.807, 2.05) is 54.6 Å². The Morgan fingerprint density at radius 3 is 2.35 bits per heavy atom. The van der Waals surface area contributed by atoms with E-state index in [1.54, 1.807) is 0 Å². The van der Waals surface area contributed by atoms with Crippen LogP contribution < -0.4 is 0 Å². The smallest absolute Gasteiger partial charge is 0.141 e. The second kappa shape index (κ2) is 5.92. The molecule has 0 aliphatic rings. The van der Waals surface area contributed by atoms with Crippen molar-refractivity contribution in [3.05, 3.63) is 70.2 Å². The summed E-state index contributed by atoms with van der Waals surface area (Å²) in [5.41, 5.74) is 1.89. The van der Waals surface area contributed by atoms with Crippen molar-refractivity contribution >= 4 is 34.5 Å². The summed E-state index contributed by atoms with van der Waals surface area (Å²) in [6.45, 7) is 0. The highest BCUT2D eigenvalue weighted by Gasteiger charge is 2.17. The highest BCUT2D eigenvalue weighted by Crippen LogP contribution is 2.35.